The van der Waals surface area contributed by atoms with Crippen LogP contribution in [0.1, 0.15) is 13.8 Å². The van der Waals surface area contributed by atoms with E-state index in [0.717, 1.165) is 0 Å². The standard InChI is InChI=1S/C16H23N5O4/c1-12(2)17-15(22)11-19-7-9-20(10-8-19)16(23)18-13-3-5-14(6-4-13)21(24)25/h3-6,12H,7-11H2,1-2H3,(H,17,22)(H,18,23). The number of hydrogen-bond acceptors (Lipinski definition) is 5. The predicted molar refractivity (Wildman–Crippen MR) is 93.4 cm³/mol. The molecule has 0 unspecified atom stereocenters. The number of piperazine rings is 1. The number of nitro benzene ring substituents is 1. The molecule has 2 rings (SSSR count). The van der Waals surface area contributed by atoms with E-state index in [1.165, 1.54) is 24.3 Å². The molecule has 0 atom stereocenters. The van der Waals surface area contributed by atoms with E-state index in [1.807, 2.05) is 18.7 Å². The topological polar surface area (TPSA) is 108 Å². The van der Waals surface area contributed by atoms with Crippen LogP contribution in [0.3, 0.4) is 0 Å². The first-order valence-corrected chi connectivity index (χ1v) is 8.17. The lowest BCUT2D eigenvalue weighted by atomic mass is 10.3. The zero-order chi connectivity index (χ0) is 18.4. The van der Waals surface area contributed by atoms with Crippen molar-refractivity contribution < 1.29 is 14.5 Å². The third-order valence-electron chi connectivity index (χ3n) is 3.81. The average Bonchev–Trinajstić information content (AvgIpc) is 2.55. The third-order valence-corrected chi connectivity index (χ3v) is 3.81. The Bertz CT molecular complexity index is 624. The third kappa shape index (κ3) is 5.71. The molecule has 25 heavy (non-hydrogen) atoms. The summed E-state index contributed by atoms with van der Waals surface area (Å²) in [6.07, 6.45) is 0. The van der Waals surface area contributed by atoms with Gasteiger partial charge in [0.1, 0.15) is 0 Å². The SMILES string of the molecule is CC(C)NC(=O)CN1CCN(C(=O)Nc2ccc([N+](=O)[O-])cc2)CC1. The number of amides is 3. The molecule has 1 heterocycles. The van der Waals surface area contributed by atoms with E-state index in [0.29, 0.717) is 38.4 Å². The summed E-state index contributed by atoms with van der Waals surface area (Å²) in [7, 11) is 0. The number of non-ortho nitro benzene ring substituents is 1. The lowest BCUT2D eigenvalue weighted by molar-refractivity contribution is -0.384. The lowest BCUT2D eigenvalue weighted by Crippen LogP contribution is -2.52. The summed E-state index contributed by atoms with van der Waals surface area (Å²) < 4.78 is 0. The number of carbonyl (C=O) groups is 2. The average molecular weight is 349 g/mol. The molecular weight excluding hydrogens is 326 g/mol. The fourth-order valence-electron chi connectivity index (χ4n) is 2.55. The van der Waals surface area contributed by atoms with Crippen molar-refractivity contribution in [1.82, 2.24) is 15.1 Å². The molecule has 0 aromatic heterocycles. The highest BCUT2D eigenvalue weighted by molar-refractivity contribution is 5.89. The molecule has 9 heteroatoms. The van der Waals surface area contributed by atoms with E-state index in [2.05, 4.69) is 10.6 Å². The highest BCUT2D eigenvalue weighted by atomic mass is 16.6. The second kappa shape index (κ2) is 8.43. The van der Waals surface area contributed by atoms with Gasteiger partial charge in [0.05, 0.1) is 11.5 Å². The van der Waals surface area contributed by atoms with Crippen LogP contribution < -0.4 is 10.6 Å². The number of carbonyl (C=O) groups excluding carboxylic acids is 2. The normalized spacial score (nSPS) is 15.1. The van der Waals surface area contributed by atoms with Crippen molar-refractivity contribution in [2.24, 2.45) is 0 Å². The van der Waals surface area contributed by atoms with Crippen LogP contribution in [-0.4, -0.2) is 65.4 Å². The predicted octanol–water partition coefficient (Wildman–Crippen LogP) is 1.27. The molecule has 0 saturated carbocycles. The van der Waals surface area contributed by atoms with Crippen LogP contribution in [0.25, 0.3) is 0 Å². The second-order valence-corrected chi connectivity index (χ2v) is 6.22. The molecule has 0 spiro atoms. The molecule has 1 saturated heterocycles. The van der Waals surface area contributed by atoms with Crippen LogP contribution in [0, 0.1) is 10.1 Å². The first-order chi connectivity index (χ1) is 11.8. The van der Waals surface area contributed by atoms with Crippen molar-refractivity contribution in [2.45, 2.75) is 19.9 Å². The van der Waals surface area contributed by atoms with E-state index >= 15 is 0 Å². The first-order valence-electron chi connectivity index (χ1n) is 8.17. The van der Waals surface area contributed by atoms with Crippen molar-refractivity contribution in [3.63, 3.8) is 0 Å². The van der Waals surface area contributed by atoms with Gasteiger partial charge in [-0.25, -0.2) is 4.79 Å². The maximum atomic E-state index is 12.2. The van der Waals surface area contributed by atoms with E-state index in [-0.39, 0.29) is 23.7 Å². The molecule has 1 fully saturated rings. The van der Waals surface area contributed by atoms with Gasteiger partial charge >= 0.3 is 6.03 Å². The molecule has 136 valence electrons. The minimum atomic E-state index is -0.486. The zero-order valence-electron chi connectivity index (χ0n) is 14.4. The molecule has 3 amide bonds. The maximum absolute atomic E-state index is 12.2. The highest BCUT2D eigenvalue weighted by Gasteiger charge is 2.22. The van der Waals surface area contributed by atoms with Crippen LogP contribution in [0.5, 0.6) is 0 Å². The highest BCUT2D eigenvalue weighted by Crippen LogP contribution is 2.16. The van der Waals surface area contributed by atoms with Gasteiger partial charge in [-0.05, 0) is 26.0 Å². The number of benzene rings is 1. The summed E-state index contributed by atoms with van der Waals surface area (Å²) in [4.78, 5) is 37.8. The summed E-state index contributed by atoms with van der Waals surface area (Å²) in [6.45, 7) is 6.45. The van der Waals surface area contributed by atoms with E-state index in [4.69, 9.17) is 0 Å². The Morgan fingerprint density at radius 3 is 2.28 bits per heavy atom. The number of rotatable bonds is 5. The van der Waals surface area contributed by atoms with Gasteiger partial charge in [-0.15, -0.1) is 0 Å². The fourth-order valence-corrected chi connectivity index (χ4v) is 2.55. The summed E-state index contributed by atoms with van der Waals surface area (Å²) in [5, 5.41) is 16.2. The first kappa shape index (κ1) is 18.7. The van der Waals surface area contributed by atoms with Crippen LogP contribution in [0.4, 0.5) is 16.2 Å². The monoisotopic (exact) mass is 349 g/mol. The van der Waals surface area contributed by atoms with Crippen LogP contribution in [0.2, 0.25) is 0 Å². The van der Waals surface area contributed by atoms with Gasteiger partial charge in [-0.2, -0.15) is 0 Å². The summed E-state index contributed by atoms with van der Waals surface area (Å²) >= 11 is 0. The Labute approximate surface area is 146 Å². The minimum absolute atomic E-state index is 0.0150. The number of nitrogens with one attached hydrogen (secondary N) is 2. The van der Waals surface area contributed by atoms with Gasteiger partial charge < -0.3 is 15.5 Å². The maximum Gasteiger partial charge on any atom is 0.321 e. The van der Waals surface area contributed by atoms with E-state index < -0.39 is 4.92 Å². The Kier molecular flexibility index (Phi) is 6.29. The molecule has 9 nitrogen and oxygen atoms in total. The Morgan fingerprint density at radius 1 is 1.16 bits per heavy atom. The van der Waals surface area contributed by atoms with Crippen molar-refractivity contribution in [2.75, 3.05) is 38.0 Å². The Morgan fingerprint density at radius 2 is 1.76 bits per heavy atom. The summed E-state index contributed by atoms with van der Waals surface area (Å²) in [5.41, 5.74) is 0.487. The fraction of sp³-hybridized carbons (Fsp3) is 0.500. The molecular formula is C16H23N5O4. The number of hydrogen-bond donors (Lipinski definition) is 2. The molecule has 2 N–H and O–H groups in total. The van der Waals surface area contributed by atoms with E-state index in [9.17, 15) is 19.7 Å². The number of nitro groups is 1. The Balaban J connectivity index is 1.79. The number of urea groups is 1. The van der Waals surface area contributed by atoms with Gasteiger partial charge in [-0.3, -0.25) is 19.8 Å². The second-order valence-electron chi connectivity index (χ2n) is 6.22. The summed E-state index contributed by atoms with van der Waals surface area (Å²) in [6, 6.07) is 5.56. The Hall–Kier alpha value is -2.68. The molecule has 1 aliphatic heterocycles. The summed E-state index contributed by atoms with van der Waals surface area (Å²) in [5.74, 6) is -0.0150. The minimum Gasteiger partial charge on any atom is -0.353 e. The van der Waals surface area contributed by atoms with Gasteiger partial charge in [0.2, 0.25) is 5.91 Å². The lowest BCUT2D eigenvalue weighted by Gasteiger charge is -2.34. The van der Waals surface area contributed by atoms with Gasteiger partial charge in [0.25, 0.3) is 5.69 Å². The van der Waals surface area contributed by atoms with Crippen molar-refractivity contribution in [3.05, 3.63) is 34.4 Å². The largest absolute Gasteiger partial charge is 0.353 e. The van der Waals surface area contributed by atoms with Crippen molar-refractivity contribution in [1.29, 1.82) is 0 Å². The quantitative estimate of drug-likeness (QED) is 0.615. The van der Waals surface area contributed by atoms with Crippen LogP contribution >= 0.6 is 0 Å². The van der Waals surface area contributed by atoms with E-state index in [1.54, 1.807) is 4.90 Å². The molecule has 0 radical (unpaired) electrons. The zero-order valence-corrected chi connectivity index (χ0v) is 14.4. The van der Waals surface area contributed by atoms with Gasteiger partial charge in [0.15, 0.2) is 0 Å². The van der Waals surface area contributed by atoms with Crippen molar-refractivity contribution in [3.8, 4) is 0 Å². The molecule has 0 aliphatic carbocycles. The van der Waals surface area contributed by atoms with Crippen LogP contribution in [-0.2, 0) is 4.79 Å². The van der Waals surface area contributed by atoms with Gasteiger partial charge in [0, 0.05) is 50.0 Å². The van der Waals surface area contributed by atoms with Gasteiger partial charge in [-0.1, -0.05) is 0 Å². The molecule has 1 aliphatic rings. The number of anilines is 1. The molecule has 0 bridgehead atoms. The number of nitrogens with zero attached hydrogens (tertiary/aromatic N) is 3. The molecule has 1 aromatic carbocycles. The van der Waals surface area contributed by atoms with Crippen LogP contribution in [0.15, 0.2) is 24.3 Å². The molecule has 1 aromatic rings. The van der Waals surface area contributed by atoms with Crippen molar-refractivity contribution >= 4 is 23.3 Å². The smallest absolute Gasteiger partial charge is 0.321 e.